The van der Waals surface area contributed by atoms with Crippen molar-refractivity contribution in [2.45, 2.75) is 6.92 Å². The predicted octanol–water partition coefficient (Wildman–Crippen LogP) is 4.24. The summed E-state index contributed by atoms with van der Waals surface area (Å²) < 4.78 is 5.44. The minimum absolute atomic E-state index is 0.106. The highest BCUT2D eigenvalue weighted by Crippen LogP contribution is 2.21. The molecule has 0 unspecified atom stereocenters. The van der Waals surface area contributed by atoms with Gasteiger partial charge in [-0.3, -0.25) is 14.9 Å². The van der Waals surface area contributed by atoms with Gasteiger partial charge < -0.3 is 19.9 Å². The zero-order valence-electron chi connectivity index (χ0n) is 18.8. The summed E-state index contributed by atoms with van der Waals surface area (Å²) in [4.78, 5) is 30.0. The van der Waals surface area contributed by atoms with Crippen LogP contribution >= 0.6 is 23.6 Å². The second kappa shape index (κ2) is 11.1. The number of nitrogens with zero attached hydrogens (tertiary/aromatic N) is 2. The monoisotopic (exact) mass is 494 g/mol. The van der Waals surface area contributed by atoms with Crippen molar-refractivity contribution >= 4 is 51.9 Å². The average Bonchev–Trinajstić information content (AvgIpc) is 3.40. The number of ether oxygens (including phenoxy) is 1. The number of nitrogens with one attached hydrogen (secondary N) is 2. The van der Waals surface area contributed by atoms with Gasteiger partial charge in [0.2, 0.25) is 0 Å². The smallest absolute Gasteiger partial charge is 0.264 e. The lowest BCUT2D eigenvalue weighted by Gasteiger charge is -2.36. The van der Waals surface area contributed by atoms with E-state index >= 15 is 0 Å². The van der Waals surface area contributed by atoms with E-state index in [4.69, 9.17) is 17.0 Å². The van der Waals surface area contributed by atoms with Crippen LogP contribution in [0.3, 0.4) is 0 Å². The number of hydrogen-bond donors (Lipinski definition) is 2. The van der Waals surface area contributed by atoms with Crippen molar-refractivity contribution in [3.63, 3.8) is 0 Å². The first-order chi connectivity index (χ1) is 16.5. The summed E-state index contributed by atoms with van der Waals surface area (Å²) in [6, 6.07) is 18.6. The maximum absolute atomic E-state index is 12.5. The van der Waals surface area contributed by atoms with Crippen LogP contribution in [0.25, 0.3) is 0 Å². The topological polar surface area (TPSA) is 73.9 Å². The fourth-order valence-corrected chi connectivity index (χ4v) is 4.61. The van der Waals surface area contributed by atoms with Crippen LogP contribution in [0.1, 0.15) is 27.0 Å². The molecule has 0 aliphatic carbocycles. The van der Waals surface area contributed by atoms with Crippen LogP contribution in [0.2, 0.25) is 0 Å². The van der Waals surface area contributed by atoms with Crippen molar-refractivity contribution < 1.29 is 14.3 Å². The van der Waals surface area contributed by atoms with E-state index in [9.17, 15) is 9.59 Å². The van der Waals surface area contributed by atoms with Gasteiger partial charge in [-0.15, -0.1) is 11.3 Å². The third-order valence-electron chi connectivity index (χ3n) is 5.42. The van der Waals surface area contributed by atoms with Gasteiger partial charge in [-0.1, -0.05) is 12.1 Å². The molecule has 2 amide bonds. The summed E-state index contributed by atoms with van der Waals surface area (Å²) in [5.41, 5.74) is 2.34. The Labute approximate surface area is 208 Å². The molecule has 0 saturated carbocycles. The molecule has 1 saturated heterocycles. The van der Waals surface area contributed by atoms with Crippen LogP contribution in [0.4, 0.5) is 11.4 Å². The van der Waals surface area contributed by atoms with E-state index in [0.717, 1.165) is 29.3 Å². The lowest BCUT2D eigenvalue weighted by Crippen LogP contribution is -2.48. The molecule has 1 aliphatic rings. The highest BCUT2D eigenvalue weighted by atomic mass is 32.1. The Morgan fingerprint density at radius 3 is 2.47 bits per heavy atom. The molecular weight excluding hydrogens is 468 g/mol. The van der Waals surface area contributed by atoms with Crippen molar-refractivity contribution in [3.8, 4) is 5.75 Å². The molecule has 2 aromatic carbocycles. The van der Waals surface area contributed by atoms with E-state index in [2.05, 4.69) is 15.5 Å². The van der Waals surface area contributed by atoms with Crippen molar-refractivity contribution in [2.75, 3.05) is 43.0 Å². The molecule has 1 aromatic heterocycles. The molecule has 2 N–H and O–H groups in total. The molecule has 0 spiro atoms. The van der Waals surface area contributed by atoms with E-state index in [1.54, 1.807) is 24.3 Å². The van der Waals surface area contributed by atoms with Crippen LogP contribution in [-0.2, 0) is 0 Å². The predicted molar refractivity (Wildman–Crippen MR) is 140 cm³/mol. The van der Waals surface area contributed by atoms with Gasteiger partial charge >= 0.3 is 0 Å². The Bertz CT molecular complexity index is 1140. The first-order valence-electron chi connectivity index (χ1n) is 11.1. The number of rotatable bonds is 6. The Morgan fingerprint density at radius 2 is 1.79 bits per heavy atom. The number of thiocarbonyl (C=S) groups is 1. The number of carbonyl (C=O) groups excluding carboxylic acids is 2. The first-order valence-corrected chi connectivity index (χ1v) is 12.4. The van der Waals surface area contributed by atoms with Gasteiger partial charge in [-0.25, -0.2) is 0 Å². The fourth-order valence-electron chi connectivity index (χ4n) is 3.71. The number of piperazine rings is 1. The average molecular weight is 495 g/mol. The number of benzene rings is 2. The third-order valence-corrected chi connectivity index (χ3v) is 6.49. The minimum Gasteiger partial charge on any atom is -0.494 e. The number of anilines is 2. The van der Waals surface area contributed by atoms with Crippen molar-refractivity contribution in [1.29, 1.82) is 0 Å². The van der Waals surface area contributed by atoms with E-state index in [1.165, 1.54) is 11.3 Å². The normalized spacial score (nSPS) is 13.3. The summed E-state index contributed by atoms with van der Waals surface area (Å²) in [7, 11) is 0. The minimum atomic E-state index is -0.300. The van der Waals surface area contributed by atoms with Gasteiger partial charge in [-0.05, 0) is 73.1 Å². The largest absolute Gasteiger partial charge is 0.494 e. The maximum Gasteiger partial charge on any atom is 0.264 e. The lowest BCUT2D eigenvalue weighted by molar-refractivity contribution is 0.0751. The fraction of sp³-hybridized carbons (Fsp3) is 0.240. The lowest BCUT2D eigenvalue weighted by atomic mass is 10.2. The van der Waals surface area contributed by atoms with Crippen LogP contribution in [0.5, 0.6) is 5.75 Å². The van der Waals surface area contributed by atoms with Crippen molar-refractivity contribution in [1.82, 2.24) is 10.2 Å². The first kappa shape index (κ1) is 23.7. The highest BCUT2D eigenvalue weighted by molar-refractivity contribution is 7.80. The molecule has 0 bridgehead atoms. The summed E-state index contributed by atoms with van der Waals surface area (Å²) in [6.07, 6.45) is 0. The zero-order chi connectivity index (χ0) is 23.9. The highest BCUT2D eigenvalue weighted by Gasteiger charge is 2.22. The molecule has 0 atom stereocenters. The van der Waals surface area contributed by atoms with E-state index in [0.29, 0.717) is 31.0 Å². The molecule has 2 heterocycles. The van der Waals surface area contributed by atoms with E-state index < -0.39 is 0 Å². The van der Waals surface area contributed by atoms with E-state index in [-0.39, 0.29) is 16.9 Å². The number of hydrogen-bond acceptors (Lipinski definition) is 6. The molecule has 1 aliphatic heterocycles. The second-order valence-electron chi connectivity index (χ2n) is 7.67. The van der Waals surface area contributed by atoms with Crippen LogP contribution < -0.4 is 20.3 Å². The molecule has 34 heavy (non-hydrogen) atoms. The Balaban J connectivity index is 1.27. The molecule has 1 fully saturated rings. The molecule has 7 nitrogen and oxygen atoms in total. The van der Waals surface area contributed by atoms with E-state index in [1.807, 2.05) is 53.6 Å². The standard InChI is InChI=1S/C25H26N4O3S2/c1-2-32-21-6-3-5-18(17-21)23(30)27-25(33)26-19-8-10-20(11-9-19)28-12-14-29(15-13-28)24(31)22-7-4-16-34-22/h3-11,16-17H,2,12-15H2,1H3,(H2,26,27,30,33). The van der Waals surface area contributed by atoms with Crippen molar-refractivity contribution in [3.05, 3.63) is 76.5 Å². The summed E-state index contributed by atoms with van der Waals surface area (Å²) in [5, 5.41) is 7.90. The zero-order valence-corrected chi connectivity index (χ0v) is 20.5. The Hall–Kier alpha value is -3.43. The number of thiophene rings is 1. The molecule has 9 heteroatoms. The summed E-state index contributed by atoms with van der Waals surface area (Å²) >= 11 is 6.78. The second-order valence-corrected chi connectivity index (χ2v) is 9.03. The maximum atomic E-state index is 12.5. The van der Waals surface area contributed by atoms with Gasteiger partial charge in [0.15, 0.2) is 5.11 Å². The molecule has 0 radical (unpaired) electrons. The summed E-state index contributed by atoms with van der Waals surface area (Å²) in [6.45, 7) is 5.36. The van der Waals surface area contributed by atoms with Gasteiger partial charge in [0.1, 0.15) is 5.75 Å². The van der Waals surface area contributed by atoms with Gasteiger partial charge in [0.05, 0.1) is 11.5 Å². The third kappa shape index (κ3) is 5.92. The summed E-state index contributed by atoms with van der Waals surface area (Å²) in [5.74, 6) is 0.446. The molecule has 4 rings (SSSR count). The molecular formula is C25H26N4O3S2. The van der Waals surface area contributed by atoms with Crippen molar-refractivity contribution in [2.24, 2.45) is 0 Å². The quantitative estimate of drug-likeness (QED) is 0.500. The Kier molecular flexibility index (Phi) is 7.76. The molecule has 3 aromatic rings. The van der Waals surface area contributed by atoms with Gasteiger partial charge in [0.25, 0.3) is 11.8 Å². The Morgan fingerprint density at radius 1 is 1.03 bits per heavy atom. The van der Waals surface area contributed by atoms with Crippen LogP contribution in [0.15, 0.2) is 66.0 Å². The number of carbonyl (C=O) groups is 2. The van der Waals surface area contributed by atoms with Gasteiger partial charge in [0, 0.05) is 43.1 Å². The SMILES string of the molecule is CCOc1cccc(C(=O)NC(=S)Nc2ccc(N3CCN(C(=O)c4cccs4)CC3)cc2)c1. The van der Waals surface area contributed by atoms with Crippen LogP contribution in [-0.4, -0.2) is 54.6 Å². The molecule has 176 valence electrons. The number of amides is 2. The van der Waals surface area contributed by atoms with Crippen LogP contribution in [0, 0.1) is 0 Å². The van der Waals surface area contributed by atoms with Gasteiger partial charge in [-0.2, -0.15) is 0 Å².